The highest BCUT2D eigenvalue weighted by Gasteiger charge is 2.40. The predicted octanol–water partition coefficient (Wildman–Crippen LogP) is 3.40. The zero-order valence-electron chi connectivity index (χ0n) is 10.1. The summed E-state index contributed by atoms with van der Waals surface area (Å²) in [5.74, 6) is -8.67. The van der Waals surface area contributed by atoms with Crippen LogP contribution in [-0.4, -0.2) is 15.9 Å². The molecule has 0 radical (unpaired) electrons. The fraction of sp³-hybridized carbons (Fsp3) is 0.273. The Morgan fingerprint density at radius 3 is 1.95 bits per heavy atom. The fourth-order valence-electron chi connectivity index (χ4n) is 1.53. The van der Waals surface area contributed by atoms with Crippen molar-refractivity contribution in [3.8, 4) is 0 Å². The van der Waals surface area contributed by atoms with Gasteiger partial charge in [-0.3, -0.25) is 4.79 Å². The third-order valence-corrected chi connectivity index (χ3v) is 2.27. The van der Waals surface area contributed by atoms with Crippen molar-refractivity contribution in [2.45, 2.75) is 20.0 Å². The van der Waals surface area contributed by atoms with Crippen molar-refractivity contribution in [1.82, 2.24) is 4.98 Å². The van der Waals surface area contributed by atoms with Crippen LogP contribution in [0.5, 0.6) is 0 Å². The quantitative estimate of drug-likeness (QED) is 0.394. The van der Waals surface area contributed by atoms with Crippen molar-refractivity contribution >= 4 is 11.4 Å². The molecule has 1 heterocycles. The second-order valence-corrected chi connectivity index (χ2v) is 3.77. The molecule has 3 nitrogen and oxygen atoms in total. The number of aliphatic hydroxyl groups is 1. The minimum absolute atomic E-state index is 0.750. The van der Waals surface area contributed by atoms with E-state index < -0.39 is 52.1 Å². The zero-order chi connectivity index (χ0) is 15.8. The van der Waals surface area contributed by atoms with Crippen molar-refractivity contribution in [3.05, 3.63) is 34.6 Å². The van der Waals surface area contributed by atoms with Gasteiger partial charge < -0.3 is 5.11 Å². The first-order valence-electron chi connectivity index (χ1n) is 5.01. The lowest BCUT2D eigenvalue weighted by Gasteiger charge is -2.13. The Kier molecular flexibility index (Phi) is 4.11. The molecular weight excluding hydrogens is 292 g/mol. The average molecular weight is 299 g/mol. The van der Waals surface area contributed by atoms with Crippen LogP contribution in [-0.2, 0) is 11.0 Å². The van der Waals surface area contributed by atoms with E-state index in [4.69, 9.17) is 0 Å². The summed E-state index contributed by atoms with van der Waals surface area (Å²) < 4.78 is 77.6. The SMILES string of the molecule is CC(=O)/C(=C(/C)O)c1c(F)c(F)nc(C(F)(F)F)c1F. The van der Waals surface area contributed by atoms with Gasteiger partial charge in [-0.05, 0) is 13.8 Å². The van der Waals surface area contributed by atoms with E-state index in [1.54, 1.807) is 0 Å². The van der Waals surface area contributed by atoms with E-state index in [1.807, 2.05) is 0 Å². The van der Waals surface area contributed by atoms with E-state index in [2.05, 4.69) is 4.98 Å². The van der Waals surface area contributed by atoms with Crippen molar-refractivity contribution in [1.29, 1.82) is 0 Å². The molecule has 110 valence electrons. The lowest BCUT2D eigenvalue weighted by Crippen LogP contribution is -2.18. The Morgan fingerprint density at radius 1 is 1.10 bits per heavy atom. The van der Waals surface area contributed by atoms with Gasteiger partial charge >= 0.3 is 6.18 Å². The summed E-state index contributed by atoms with van der Waals surface area (Å²) in [5.41, 5.74) is -5.00. The number of aromatic nitrogens is 1. The second kappa shape index (κ2) is 5.14. The Labute approximate surface area is 108 Å². The molecule has 1 aromatic rings. The molecule has 0 aliphatic carbocycles. The smallest absolute Gasteiger partial charge is 0.436 e. The Balaban J connectivity index is 3.85. The highest BCUT2D eigenvalue weighted by molar-refractivity contribution is 6.20. The van der Waals surface area contributed by atoms with Gasteiger partial charge in [0.05, 0.1) is 11.1 Å². The normalized spacial score (nSPS) is 13.2. The van der Waals surface area contributed by atoms with Crippen LogP contribution in [0, 0.1) is 17.6 Å². The van der Waals surface area contributed by atoms with Gasteiger partial charge in [0.1, 0.15) is 5.76 Å². The molecule has 0 atom stereocenters. The Hall–Kier alpha value is -2.06. The predicted molar refractivity (Wildman–Crippen MR) is 55.0 cm³/mol. The Morgan fingerprint density at radius 2 is 1.60 bits per heavy atom. The summed E-state index contributed by atoms with van der Waals surface area (Å²) in [6.45, 7) is 1.57. The van der Waals surface area contributed by atoms with E-state index in [0.29, 0.717) is 0 Å². The van der Waals surface area contributed by atoms with Crippen LogP contribution in [0.1, 0.15) is 25.1 Å². The highest BCUT2D eigenvalue weighted by Crippen LogP contribution is 2.35. The van der Waals surface area contributed by atoms with Gasteiger partial charge in [0.15, 0.2) is 23.1 Å². The van der Waals surface area contributed by atoms with Crippen LogP contribution in [0.15, 0.2) is 5.76 Å². The summed E-state index contributed by atoms with van der Waals surface area (Å²) in [6, 6.07) is 0. The van der Waals surface area contributed by atoms with Crippen LogP contribution < -0.4 is 0 Å². The molecule has 1 rings (SSSR count). The van der Waals surface area contributed by atoms with Gasteiger partial charge in [-0.2, -0.15) is 17.6 Å². The van der Waals surface area contributed by atoms with E-state index >= 15 is 0 Å². The van der Waals surface area contributed by atoms with Crippen LogP contribution in [0.2, 0.25) is 0 Å². The molecule has 0 saturated carbocycles. The molecule has 1 N–H and O–H groups in total. The number of alkyl halides is 3. The third kappa shape index (κ3) is 2.75. The van der Waals surface area contributed by atoms with Gasteiger partial charge in [-0.25, -0.2) is 13.8 Å². The van der Waals surface area contributed by atoms with Crippen LogP contribution in [0.4, 0.5) is 26.3 Å². The number of halogens is 6. The van der Waals surface area contributed by atoms with Gasteiger partial charge in [-0.1, -0.05) is 0 Å². The standard InChI is InChI=1S/C11H7F6NO2/c1-3(19)5(4(2)20)6-7(12)9(11(15,16)17)18-10(14)8(6)13/h19H,1-2H3/b5-3+. The van der Waals surface area contributed by atoms with Crippen LogP contribution in [0.25, 0.3) is 5.57 Å². The lowest BCUT2D eigenvalue weighted by molar-refractivity contribution is -0.144. The highest BCUT2D eigenvalue weighted by atomic mass is 19.4. The largest absolute Gasteiger partial charge is 0.512 e. The molecule has 20 heavy (non-hydrogen) atoms. The maximum absolute atomic E-state index is 13.7. The minimum atomic E-state index is -5.39. The molecule has 0 fully saturated rings. The number of nitrogens with zero attached hydrogens (tertiary/aromatic N) is 1. The topological polar surface area (TPSA) is 50.2 Å². The van der Waals surface area contributed by atoms with Gasteiger partial charge in [0.2, 0.25) is 5.95 Å². The molecular formula is C11H7F6NO2. The van der Waals surface area contributed by atoms with Crippen molar-refractivity contribution in [3.63, 3.8) is 0 Å². The minimum Gasteiger partial charge on any atom is -0.512 e. The maximum atomic E-state index is 13.7. The van der Waals surface area contributed by atoms with Crippen molar-refractivity contribution < 1.29 is 36.2 Å². The van der Waals surface area contributed by atoms with E-state index in [0.717, 1.165) is 13.8 Å². The summed E-state index contributed by atoms with van der Waals surface area (Å²) in [5, 5.41) is 9.17. The first-order chi connectivity index (χ1) is 8.98. The molecule has 0 aromatic carbocycles. The number of Topliss-reactive ketones (excluding diaryl/α,β-unsaturated/α-hetero) is 1. The molecule has 0 amide bonds. The summed E-state index contributed by atoms with van der Waals surface area (Å²) in [6.07, 6.45) is -5.39. The van der Waals surface area contributed by atoms with Crippen LogP contribution in [0.3, 0.4) is 0 Å². The van der Waals surface area contributed by atoms with E-state index in [1.165, 1.54) is 0 Å². The van der Waals surface area contributed by atoms with Crippen molar-refractivity contribution in [2.24, 2.45) is 0 Å². The number of hydrogen-bond donors (Lipinski definition) is 1. The molecule has 9 heteroatoms. The lowest BCUT2D eigenvalue weighted by atomic mass is 10.00. The van der Waals surface area contributed by atoms with Gasteiger partial charge in [0.25, 0.3) is 0 Å². The maximum Gasteiger partial charge on any atom is 0.436 e. The number of aliphatic hydroxyl groups excluding tert-OH is 1. The fourth-order valence-corrected chi connectivity index (χ4v) is 1.53. The Bertz CT molecular complexity index is 602. The molecule has 0 bridgehead atoms. The van der Waals surface area contributed by atoms with Crippen LogP contribution >= 0.6 is 0 Å². The van der Waals surface area contributed by atoms with E-state index in [9.17, 15) is 36.2 Å². The number of pyridine rings is 1. The first-order valence-corrected chi connectivity index (χ1v) is 5.01. The number of allylic oxidation sites excluding steroid dienone is 2. The average Bonchev–Trinajstić information content (AvgIpc) is 2.26. The monoisotopic (exact) mass is 299 g/mol. The molecule has 0 spiro atoms. The van der Waals surface area contributed by atoms with Gasteiger partial charge in [0, 0.05) is 0 Å². The number of hydrogen-bond acceptors (Lipinski definition) is 3. The summed E-state index contributed by atoms with van der Waals surface area (Å²) in [4.78, 5) is 13.3. The molecule has 0 unspecified atom stereocenters. The van der Waals surface area contributed by atoms with E-state index in [-0.39, 0.29) is 0 Å². The number of rotatable bonds is 2. The molecule has 0 aliphatic rings. The number of ketones is 1. The van der Waals surface area contributed by atoms with Crippen molar-refractivity contribution in [2.75, 3.05) is 0 Å². The third-order valence-electron chi connectivity index (χ3n) is 2.27. The molecule has 0 saturated heterocycles. The first kappa shape index (κ1) is 16.0. The summed E-state index contributed by atoms with van der Waals surface area (Å²) in [7, 11) is 0. The molecule has 0 aliphatic heterocycles. The second-order valence-electron chi connectivity index (χ2n) is 3.77. The zero-order valence-corrected chi connectivity index (χ0v) is 10.1. The summed E-state index contributed by atoms with van der Waals surface area (Å²) >= 11 is 0. The molecule has 1 aromatic heterocycles. The number of carbonyl (C=O) groups excluding carboxylic acids is 1. The number of carbonyl (C=O) groups is 1. The van der Waals surface area contributed by atoms with Gasteiger partial charge in [-0.15, -0.1) is 0 Å².